The molecule has 2 atom stereocenters. The maximum atomic E-state index is 13.2. The Hall–Kier alpha value is -2.38. The van der Waals surface area contributed by atoms with Crippen molar-refractivity contribution in [2.45, 2.75) is 56.6 Å². The lowest BCUT2D eigenvalue weighted by molar-refractivity contribution is -0.127. The minimum Gasteiger partial charge on any atom is -0.487 e. The first kappa shape index (κ1) is 21.8. The molecule has 2 aliphatic rings. The summed E-state index contributed by atoms with van der Waals surface area (Å²) in [4.78, 5) is 13.4. The topological polar surface area (TPSA) is 75.7 Å². The fourth-order valence-electron chi connectivity index (χ4n) is 4.45. The molecule has 0 aliphatic carbocycles. The Balaban J connectivity index is 1.49. The van der Waals surface area contributed by atoms with Crippen LogP contribution < -0.4 is 10.1 Å². The molecule has 1 fully saturated rings. The van der Waals surface area contributed by atoms with Crippen LogP contribution in [-0.4, -0.2) is 37.3 Å². The van der Waals surface area contributed by atoms with Gasteiger partial charge in [0, 0.05) is 25.1 Å². The van der Waals surface area contributed by atoms with E-state index in [9.17, 15) is 13.2 Å². The molecule has 0 radical (unpaired) electrons. The van der Waals surface area contributed by atoms with Crippen molar-refractivity contribution in [3.63, 3.8) is 0 Å². The van der Waals surface area contributed by atoms with Crippen molar-refractivity contribution in [3.05, 3.63) is 59.7 Å². The van der Waals surface area contributed by atoms with Crippen LogP contribution in [0.1, 0.15) is 50.3 Å². The number of rotatable bonds is 4. The number of sulfonamides is 1. The van der Waals surface area contributed by atoms with Crippen molar-refractivity contribution < 1.29 is 17.9 Å². The monoisotopic (exact) mass is 442 g/mol. The van der Waals surface area contributed by atoms with E-state index in [-0.39, 0.29) is 34.9 Å². The Kier molecular flexibility index (Phi) is 5.83. The third-order valence-electron chi connectivity index (χ3n) is 6.11. The van der Waals surface area contributed by atoms with Crippen molar-refractivity contribution in [1.29, 1.82) is 0 Å². The van der Waals surface area contributed by atoms with Crippen LogP contribution in [-0.2, 0) is 14.8 Å². The zero-order valence-electron chi connectivity index (χ0n) is 18.3. The van der Waals surface area contributed by atoms with Gasteiger partial charge in [-0.25, -0.2) is 8.42 Å². The lowest BCUT2D eigenvalue weighted by Crippen LogP contribution is -2.47. The van der Waals surface area contributed by atoms with Gasteiger partial charge in [0.05, 0.1) is 16.9 Å². The Morgan fingerprint density at radius 3 is 2.58 bits per heavy atom. The zero-order chi connectivity index (χ0) is 22.2. The summed E-state index contributed by atoms with van der Waals surface area (Å²) < 4.78 is 33.7. The summed E-state index contributed by atoms with van der Waals surface area (Å²) in [6.45, 7) is 6.59. The molecule has 2 aromatic rings. The Morgan fingerprint density at radius 1 is 1.13 bits per heavy atom. The number of fused-ring (bicyclic) bond motifs is 1. The van der Waals surface area contributed by atoms with Crippen LogP contribution in [0.4, 0.5) is 0 Å². The lowest BCUT2D eigenvalue weighted by Gasteiger charge is -2.39. The van der Waals surface area contributed by atoms with Gasteiger partial charge in [-0.2, -0.15) is 4.31 Å². The highest BCUT2D eigenvalue weighted by molar-refractivity contribution is 7.89. The third kappa shape index (κ3) is 4.62. The summed E-state index contributed by atoms with van der Waals surface area (Å²) in [5, 5.41) is 3.18. The third-order valence-corrected chi connectivity index (χ3v) is 7.99. The predicted molar refractivity (Wildman–Crippen MR) is 119 cm³/mol. The number of carbonyl (C=O) groups is 1. The van der Waals surface area contributed by atoms with Crippen LogP contribution in [0.15, 0.2) is 53.4 Å². The first-order valence-corrected chi connectivity index (χ1v) is 12.2. The second kappa shape index (κ2) is 8.28. The van der Waals surface area contributed by atoms with Gasteiger partial charge in [0.2, 0.25) is 15.9 Å². The smallest absolute Gasteiger partial charge is 0.243 e. The Morgan fingerprint density at radius 2 is 1.84 bits per heavy atom. The van der Waals surface area contributed by atoms with Gasteiger partial charge in [-0.15, -0.1) is 0 Å². The maximum Gasteiger partial charge on any atom is 0.243 e. The molecule has 2 heterocycles. The van der Waals surface area contributed by atoms with Crippen LogP contribution >= 0.6 is 0 Å². The molecule has 0 aromatic heterocycles. The number of para-hydroxylation sites is 1. The summed E-state index contributed by atoms with van der Waals surface area (Å²) in [6, 6.07) is 14.5. The quantitative estimate of drug-likeness (QED) is 0.781. The number of piperidine rings is 1. The van der Waals surface area contributed by atoms with E-state index >= 15 is 0 Å². The van der Waals surface area contributed by atoms with E-state index < -0.39 is 10.0 Å². The molecule has 1 N–H and O–H groups in total. The Labute approximate surface area is 184 Å². The summed E-state index contributed by atoms with van der Waals surface area (Å²) in [5.41, 5.74) is 1.59. The molecule has 2 aliphatic heterocycles. The van der Waals surface area contributed by atoms with Gasteiger partial charge in [-0.3, -0.25) is 4.79 Å². The highest BCUT2D eigenvalue weighted by Crippen LogP contribution is 2.39. The average molecular weight is 443 g/mol. The first-order valence-electron chi connectivity index (χ1n) is 10.8. The average Bonchev–Trinajstić information content (AvgIpc) is 2.73. The van der Waals surface area contributed by atoms with Crippen LogP contribution in [0, 0.1) is 12.8 Å². The number of hydrogen-bond donors (Lipinski definition) is 1. The molecule has 166 valence electrons. The van der Waals surface area contributed by atoms with E-state index in [1.165, 1.54) is 4.31 Å². The lowest BCUT2D eigenvalue weighted by atomic mass is 9.89. The second-order valence-electron chi connectivity index (χ2n) is 9.18. The largest absolute Gasteiger partial charge is 0.487 e. The van der Waals surface area contributed by atoms with Gasteiger partial charge in [-0.1, -0.05) is 35.9 Å². The van der Waals surface area contributed by atoms with Gasteiger partial charge < -0.3 is 10.1 Å². The van der Waals surface area contributed by atoms with Crippen molar-refractivity contribution in [3.8, 4) is 5.75 Å². The molecule has 0 saturated carbocycles. The van der Waals surface area contributed by atoms with E-state index in [1.807, 2.05) is 45.0 Å². The number of benzene rings is 2. The highest BCUT2D eigenvalue weighted by atomic mass is 32.2. The van der Waals surface area contributed by atoms with Crippen LogP contribution in [0.5, 0.6) is 5.75 Å². The first-order chi connectivity index (χ1) is 14.7. The fraction of sp³-hybridized carbons (Fsp3) is 0.458. The maximum absolute atomic E-state index is 13.2. The van der Waals surface area contributed by atoms with Gasteiger partial charge in [0.1, 0.15) is 11.4 Å². The van der Waals surface area contributed by atoms with Crippen LogP contribution in [0.2, 0.25) is 0 Å². The summed E-state index contributed by atoms with van der Waals surface area (Å²) in [7, 11) is -3.61. The summed E-state index contributed by atoms with van der Waals surface area (Å²) in [5.74, 6) is 0.324. The number of nitrogens with zero attached hydrogens (tertiary/aromatic N) is 1. The molecule has 4 rings (SSSR count). The molecule has 1 amide bonds. The van der Waals surface area contributed by atoms with Crippen molar-refractivity contribution in [2.75, 3.05) is 13.1 Å². The van der Waals surface area contributed by atoms with Gasteiger partial charge in [-0.05, 0) is 51.8 Å². The molecular weight excluding hydrogens is 412 g/mol. The van der Waals surface area contributed by atoms with Crippen LogP contribution in [0.3, 0.4) is 0 Å². The van der Waals surface area contributed by atoms with Crippen molar-refractivity contribution in [1.82, 2.24) is 9.62 Å². The molecule has 7 heteroatoms. The predicted octanol–water partition coefficient (Wildman–Crippen LogP) is 3.81. The molecule has 0 bridgehead atoms. The number of nitrogens with one attached hydrogen (secondary N) is 1. The number of hydrogen-bond acceptors (Lipinski definition) is 4. The van der Waals surface area contributed by atoms with E-state index in [1.54, 1.807) is 24.3 Å². The zero-order valence-corrected chi connectivity index (χ0v) is 19.1. The van der Waals surface area contributed by atoms with E-state index in [0.717, 1.165) is 16.9 Å². The number of amides is 1. The van der Waals surface area contributed by atoms with Crippen molar-refractivity contribution >= 4 is 15.9 Å². The molecule has 31 heavy (non-hydrogen) atoms. The number of ether oxygens (including phenoxy) is 1. The standard InChI is InChI=1S/C24H30N2O4S/c1-17-10-12-19(13-11-17)31(28,29)26-14-6-7-18(16-26)23(27)25-21-15-24(2,3)30-22-9-5-4-8-20(21)22/h4-5,8-13,18,21H,6-7,14-16H2,1-3H3,(H,25,27)/t18-,21+/m1/s1. The molecule has 2 aromatic carbocycles. The molecule has 1 saturated heterocycles. The second-order valence-corrected chi connectivity index (χ2v) is 11.1. The minimum atomic E-state index is -3.61. The van der Waals surface area contributed by atoms with E-state index in [0.29, 0.717) is 25.8 Å². The van der Waals surface area contributed by atoms with E-state index in [4.69, 9.17) is 4.74 Å². The summed E-state index contributed by atoms with van der Waals surface area (Å²) >= 11 is 0. The fourth-order valence-corrected chi connectivity index (χ4v) is 5.98. The SMILES string of the molecule is Cc1ccc(S(=O)(=O)N2CCC[C@@H](C(=O)N[C@H]3CC(C)(C)Oc4ccccc43)C2)cc1. The summed E-state index contributed by atoms with van der Waals surface area (Å²) in [6.07, 6.45) is 2.01. The molecular formula is C24H30N2O4S. The Bertz CT molecular complexity index is 1060. The van der Waals surface area contributed by atoms with Gasteiger partial charge in [0.15, 0.2) is 0 Å². The van der Waals surface area contributed by atoms with Gasteiger partial charge in [0.25, 0.3) is 0 Å². The molecule has 0 spiro atoms. The molecule has 0 unspecified atom stereocenters. The molecule has 6 nitrogen and oxygen atoms in total. The van der Waals surface area contributed by atoms with E-state index in [2.05, 4.69) is 5.32 Å². The van der Waals surface area contributed by atoms with Gasteiger partial charge >= 0.3 is 0 Å². The van der Waals surface area contributed by atoms with Crippen molar-refractivity contribution in [2.24, 2.45) is 5.92 Å². The number of carbonyl (C=O) groups excluding carboxylic acids is 1. The van der Waals surface area contributed by atoms with Crippen LogP contribution in [0.25, 0.3) is 0 Å². The minimum absolute atomic E-state index is 0.0960. The number of aryl methyl sites for hydroxylation is 1. The normalized spacial score (nSPS) is 23.5. The highest BCUT2D eigenvalue weighted by Gasteiger charge is 2.37.